The molecule has 0 amide bonds. The topological polar surface area (TPSA) is 88.2 Å². The fourth-order valence-electron chi connectivity index (χ4n) is 7.48. The Morgan fingerprint density at radius 1 is 0.696 bits per heavy atom. The number of halogens is 2. The molecule has 2 aliphatic rings. The zero-order valence-electron chi connectivity index (χ0n) is 31.8. The van der Waals surface area contributed by atoms with Gasteiger partial charge in [0.2, 0.25) is 0 Å². The highest BCUT2D eigenvalue weighted by Crippen LogP contribution is 2.41. The SMILES string of the molecule is COC(=O)c1cc(C2CC2)cnc1Cc1ccc2c(c1)c(-c1ccccc1F)cn2C.COC(=O)c1cc(C2CC2)cnc1Cc1ccc2c(c1)c(Br)cn2C. The van der Waals surface area contributed by atoms with Crippen LogP contribution in [-0.4, -0.2) is 45.3 Å². The molecule has 3 aromatic carbocycles. The lowest BCUT2D eigenvalue weighted by Gasteiger charge is -2.10. The fourth-order valence-corrected chi connectivity index (χ4v) is 8.11. The molecule has 56 heavy (non-hydrogen) atoms. The molecule has 0 unspecified atom stereocenters. The molecule has 8 nitrogen and oxygen atoms in total. The van der Waals surface area contributed by atoms with Crippen molar-refractivity contribution in [2.24, 2.45) is 14.1 Å². The number of methoxy groups -OCH3 is 2. The van der Waals surface area contributed by atoms with Gasteiger partial charge in [-0.15, -0.1) is 0 Å². The summed E-state index contributed by atoms with van der Waals surface area (Å²) in [4.78, 5) is 33.8. The molecular formula is C46H42BrFN4O4. The summed E-state index contributed by atoms with van der Waals surface area (Å²) in [5.41, 5.74) is 10.6. The molecular weight excluding hydrogens is 771 g/mol. The van der Waals surface area contributed by atoms with Gasteiger partial charge in [0, 0.05) is 89.1 Å². The van der Waals surface area contributed by atoms with Gasteiger partial charge in [-0.1, -0.05) is 30.3 Å². The highest BCUT2D eigenvalue weighted by atomic mass is 79.9. The number of pyridine rings is 2. The van der Waals surface area contributed by atoms with Crippen LogP contribution in [0.5, 0.6) is 0 Å². The van der Waals surface area contributed by atoms with Gasteiger partial charge in [0.1, 0.15) is 5.82 Å². The highest BCUT2D eigenvalue weighted by Gasteiger charge is 2.27. The first-order valence-electron chi connectivity index (χ1n) is 18.8. The molecule has 4 heterocycles. The van der Waals surface area contributed by atoms with Gasteiger partial charge < -0.3 is 18.6 Å². The number of nitrogens with zero attached hydrogens (tertiary/aromatic N) is 4. The maximum atomic E-state index is 14.5. The number of benzene rings is 3. The van der Waals surface area contributed by atoms with Crippen molar-refractivity contribution in [3.8, 4) is 11.1 Å². The third-order valence-electron chi connectivity index (χ3n) is 10.9. The van der Waals surface area contributed by atoms with Gasteiger partial charge in [-0.2, -0.15) is 0 Å². The van der Waals surface area contributed by atoms with E-state index in [4.69, 9.17) is 9.47 Å². The van der Waals surface area contributed by atoms with E-state index >= 15 is 0 Å². The maximum Gasteiger partial charge on any atom is 0.339 e. The van der Waals surface area contributed by atoms with Gasteiger partial charge in [-0.05, 0) is 118 Å². The van der Waals surface area contributed by atoms with Crippen LogP contribution in [0.15, 0.2) is 102 Å². The van der Waals surface area contributed by atoms with Crippen LogP contribution in [-0.2, 0) is 36.4 Å². The number of aryl methyl sites for hydroxylation is 2. The molecule has 0 aliphatic heterocycles. The van der Waals surface area contributed by atoms with E-state index in [9.17, 15) is 14.0 Å². The molecule has 2 aliphatic carbocycles. The van der Waals surface area contributed by atoms with Crippen LogP contribution in [0.25, 0.3) is 32.9 Å². The molecule has 284 valence electrons. The Kier molecular flexibility index (Phi) is 10.3. The second-order valence-electron chi connectivity index (χ2n) is 14.8. The lowest BCUT2D eigenvalue weighted by atomic mass is 9.99. The van der Waals surface area contributed by atoms with Gasteiger partial charge in [-0.25, -0.2) is 14.0 Å². The van der Waals surface area contributed by atoms with Crippen molar-refractivity contribution in [3.05, 3.63) is 153 Å². The van der Waals surface area contributed by atoms with Gasteiger partial charge in [-0.3, -0.25) is 9.97 Å². The molecule has 0 N–H and O–H groups in total. The first-order chi connectivity index (χ1) is 27.1. The normalized spacial score (nSPS) is 13.8. The van der Waals surface area contributed by atoms with Gasteiger partial charge in [0.15, 0.2) is 0 Å². The summed E-state index contributed by atoms with van der Waals surface area (Å²) < 4.78 is 29.6. The van der Waals surface area contributed by atoms with Crippen molar-refractivity contribution < 1.29 is 23.5 Å². The summed E-state index contributed by atoms with van der Waals surface area (Å²) in [6, 6.07) is 23.2. The monoisotopic (exact) mass is 812 g/mol. The summed E-state index contributed by atoms with van der Waals surface area (Å²) in [5.74, 6) is 0.144. The number of carbonyl (C=O) groups excluding carboxylic acids is 2. The van der Waals surface area contributed by atoms with Crippen LogP contribution >= 0.6 is 15.9 Å². The van der Waals surface area contributed by atoms with Crippen LogP contribution in [0.3, 0.4) is 0 Å². The number of carbonyl (C=O) groups is 2. The summed E-state index contributed by atoms with van der Waals surface area (Å²) >= 11 is 3.61. The largest absolute Gasteiger partial charge is 0.465 e. The molecule has 0 atom stereocenters. The van der Waals surface area contributed by atoms with Crippen LogP contribution < -0.4 is 0 Å². The van der Waals surface area contributed by atoms with E-state index in [2.05, 4.69) is 60.9 Å². The average Bonchev–Trinajstić information content (AvgIpc) is 4.16. The molecule has 10 heteroatoms. The number of aromatic nitrogens is 4. The van der Waals surface area contributed by atoms with Gasteiger partial charge in [0.25, 0.3) is 0 Å². The first kappa shape index (κ1) is 37.3. The molecule has 0 saturated heterocycles. The Morgan fingerprint density at radius 2 is 1.20 bits per heavy atom. The molecule has 2 saturated carbocycles. The van der Waals surface area contributed by atoms with E-state index in [1.807, 2.05) is 67.6 Å². The van der Waals surface area contributed by atoms with E-state index in [0.717, 1.165) is 67.1 Å². The lowest BCUT2D eigenvalue weighted by molar-refractivity contribution is 0.0590. The van der Waals surface area contributed by atoms with E-state index in [-0.39, 0.29) is 17.8 Å². The van der Waals surface area contributed by atoms with E-state index in [0.29, 0.717) is 47.1 Å². The van der Waals surface area contributed by atoms with Gasteiger partial charge in [0.05, 0.1) is 36.7 Å². The minimum absolute atomic E-state index is 0.245. The third-order valence-corrected chi connectivity index (χ3v) is 11.5. The number of hydrogen-bond acceptors (Lipinski definition) is 6. The Balaban J connectivity index is 0.000000161. The van der Waals surface area contributed by atoms with Crippen LogP contribution in [0.2, 0.25) is 0 Å². The zero-order chi connectivity index (χ0) is 39.1. The number of ether oxygens (including phenoxy) is 2. The number of rotatable bonds is 9. The quantitative estimate of drug-likeness (QED) is 0.135. The number of hydrogen-bond donors (Lipinski definition) is 0. The van der Waals surface area contributed by atoms with Crippen molar-refractivity contribution in [2.75, 3.05) is 14.2 Å². The Hall–Kier alpha value is -5.61. The maximum absolute atomic E-state index is 14.5. The summed E-state index contributed by atoms with van der Waals surface area (Å²) in [5, 5.41) is 2.13. The molecule has 7 aromatic rings. The molecule has 9 rings (SSSR count). The van der Waals surface area contributed by atoms with Crippen molar-refractivity contribution >= 4 is 49.7 Å². The van der Waals surface area contributed by atoms with Crippen LogP contribution in [0, 0.1) is 5.82 Å². The third kappa shape index (κ3) is 7.62. The van der Waals surface area contributed by atoms with Gasteiger partial charge >= 0.3 is 11.9 Å². The second-order valence-corrected chi connectivity index (χ2v) is 15.7. The fraction of sp³-hybridized carbons (Fsp3) is 0.261. The van der Waals surface area contributed by atoms with Crippen molar-refractivity contribution in [3.63, 3.8) is 0 Å². The van der Waals surface area contributed by atoms with E-state index in [1.165, 1.54) is 38.6 Å². The summed E-state index contributed by atoms with van der Waals surface area (Å²) in [6.45, 7) is 0. The predicted molar refractivity (Wildman–Crippen MR) is 220 cm³/mol. The first-order valence-corrected chi connectivity index (χ1v) is 19.6. The highest BCUT2D eigenvalue weighted by molar-refractivity contribution is 9.10. The van der Waals surface area contributed by atoms with E-state index in [1.54, 1.807) is 12.1 Å². The Labute approximate surface area is 333 Å². The predicted octanol–water partition coefficient (Wildman–Crippen LogP) is 10.2. The minimum Gasteiger partial charge on any atom is -0.465 e. The van der Waals surface area contributed by atoms with Crippen molar-refractivity contribution in [1.82, 2.24) is 19.1 Å². The number of fused-ring (bicyclic) bond motifs is 2. The molecule has 0 radical (unpaired) electrons. The average molecular weight is 814 g/mol. The molecule has 2 fully saturated rings. The van der Waals surface area contributed by atoms with E-state index < -0.39 is 0 Å². The minimum atomic E-state index is -0.363. The summed E-state index contributed by atoms with van der Waals surface area (Å²) in [6.07, 6.45) is 13.6. The molecule has 4 aromatic heterocycles. The zero-order valence-corrected chi connectivity index (χ0v) is 33.4. The summed E-state index contributed by atoms with van der Waals surface area (Å²) in [7, 11) is 6.80. The molecule has 0 spiro atoms. The number of esters is 2. The second kappa shape index (κ2) is 15.5. The van der Waals surface area contributed by atoms with Crippen molar-refractivity contribution in [2.45, 2.75) is 50.4 Å². The molecule has 0 bridgehead atoms. The van der Waals surface area contributed by atoms with Crippen LogP contribution in [0.4, 0.5) is 4.39 Å². The lowest BCUT2D eigenvalue weighted by Crippen LogP contribution is -2.09. The Bertz CT molecular complexity index is 2640. The Morgan fingerprint density at radius 3 is 1.71 bits per heavy atom. The van der Waals surface area contributed by atoms with Crippen LogP contribution in [0.1, 0.15) is 91.9 Å². The standard InChI is InChI=1S/C26H23FN2O2.C20H19BrN2O2/c1-29-15-22(19-5-3-4-6-23(19)27)20-11-16(7-10-25(20)29)12-24-21(26(30)31-2)13-18(14-28-24)17-8-9-17;1-23-11-17(21)15-7-12(3-6-19(15)23)8-18-16(20(24)25-2)9-14(10-22-18)13-4-5-13/h3-7,10-11,13-15,17H,8-9,12H2,1-2H3;3,6-7,9-11,13H,4-5,8H2,1-2H3. The smallest absolute Gasteiger partial charge is 0.339 e. The van der Waals surface area contributed by atoms with Crippen molar-refractivity contribution in [1.29, 1.82) is 0 Å².